The van der Waals surface area contributed by atoms with Crippen LogP contribution < -0.4 is 0 Å². The van der Waals surface area contributed by atoms with Gasteiger partial charge in [0.2, 0.25) is 10.0 Å². The Morgan fingerprint density at radius 3 is 2.54 bits per heavy atom. The minimum Gasteiger partial charge on any atom is -0.458 e. The lowest BCUT2D eigenvalue weighted by molar-refractivity contribution is -0.138. The fourth-order valence-corrected chi connectivity index (χ4v) is 4.26. The standard InChI is InChI=1S/C21H23NO5S/c1-17-3-2-4-19(15-17)16-27-21(23)10-7-18-5-8-20(9-6-18)28(24,25)22-11-13-26-14-12-22/h2-10,15H,11-14,16H2,1H3/b10-7+. The van der Waals surface area contributed by atoms with Crippen molar-refractivity contribution in [1.82, 2.24) is 4.31 Å². The van der Waals surface area contributed by atoms with Crippen LogP contribution in [0.2, 0.25) is 0 Å². The molecule has 0 amide bonds. The first-order chi connectivity index (χ1) is 13.4. The summed E-state index contributed by atoms with van der Waals surface area (Å²) in [5.41, 5.74) is 2.75. The number of carbonyl (C=O) groups is 1. The molecule has 0 saturated carbocycles. The minimum atomic E-state index is -3.52. The lowest BCUT2D eigenvalue weighted by atomic mass is 10.1. The van der Waals surface area contributed by atoms with Crippen LogP contribution in [0.3, 0.4) is 0 Å². The average molecular weight is 401 g/mol. The molecule has 0 spiro atoms. The first kappa shape index (κ1) is 20.3. The van der Waals surface area contributed by atoms with E-state index in [0.29, 0.717) is 31.9 Å². The number of hydrogen-bond donors (Lipinski definition) is 0. The molecule has 0 radical (unpaired) electrons. The van der Waals surface area contributed by atoms with Gasteiger partial charge in [0.15, 0.2) is 0 Å². The monoisotopic (exact) mass is 401 g/mol. The Bertz CT molecular complexity index is 945. The van der Waals surface area contributed by atoms with Crippen LogP contribution in [0.1, 0.15) is 16.7 Å². The van der Waals surface area contributed by atoms with Gasteiger partial charge in [0, 0.05) is 19.2 Å². The number of morpholine rings is 1. The van der Waals surface area contributed by atoms with Crippen molar-refractivity contribution in [3.05, 3.63) is 71.3 Å². The lowest BCUT2D eigenvalue weighted by Crippen LogP contribution is -2.40. The SMILES string of the molecule is Cc1cccc(COC(=O)/C=C/c2ccc(S(=O)(=O)N3CCOCC3)cc2)c1. The Balaban J connectivity index is 1.58. The lowest BCUT2D eigenvalue weighted by Gasteiger charge is -2.26. The first-order valence-electron chi connectivity index (χ1n) is 9.03. The van der Waals surface area contributed by atoms with E-state index in [1.807, 2.05) is 31.2 Å². The molecule has 1 fully saturated rings. The maximum absolute atomic E-state index is 12.6. The largest absolute Gasteiger partial charge is 0.458 e. The van der Waals surface area contributed by atoms with Crippen LogP contribution in [-0.4, -0.2) is 45.0 Å². The van der Waals surface area contributed by atoms with Crippen LogP contribution in [0.4, 0.5) is 0 Å². The van der Waals surface area contributed by atoms with Gasteiger partial charge in [0.05, 0.1) is 18.1 Å². The molecule has 2 aromatic carbocycles. The molecule has 0 unspecified atom stereocenters. The molecule has 1 aliphatic heterocycles. The van der Waals surface area contributed by atoms with Crippen LogP contribution in [0.25, 0.3) is 6.08 Å². The molecule has 0 aliphatic carbocycles. The second kappa shape index (κ2) is 9.14. The molecule has 0 N–H and O–H groups in total. The summed E-state index contributed by atoms with van der Waals surface area (Å²) in [5.74, 6) is -0.452. The number of benzene rings is 2. The van der Waals surface area contributed by atoms with Crippen molar-refractivity contribution < 1.29 is 22.7 Å². The summed E-state index contributed by atoms with van der Waals surface area (Å²) in [6.07, 6.45) is 2.94. The number of rotatable bonds is 6. The average Bonchev–Trinajstić information content (AvgIpc) is 2.72. The molecule has 6 nitrogen and oxygen atoms in total. The minimum absolute atomic E-state index is 0.210. The number of aryl methyl sites for hydroxylation is 1. The zero-order valence-electron chi connectivity index (χ0n) is 15.7. The molecule has 1 aliphatic rings. The third-order valence-corrected chi connectivity index (χ3v) is 6.28. The summed E-state index contributed by atoms with van der Waals surface area (Å²) in [6, 6.07) is 14.2. The summed E-state index contributed by atoms with van der Waals surface area (Å²) in [7, 11) is -3.52. The Kier molecular flexibility index (Phi) is 6.61. The van der Waals surface area contributed by atoms with Gasteiger partial charge >= 0.3 is 5.97 Å². The van der Waals surface area contributed by atoms with E-state index in [-0.39, 0.29) is 11.5 Å². The second-order valence-corrected chi connectivity index (χ2v) is 8.45. The van der Waals surface area contributed by atoms with Gasteiger partial charge in [-0.05, 0) is 36.3 Å². The predicted molar refractivity (Wildman–Crippen MR) is 106 cm³/mol. The molecule has 0 aromatic heterocycles. The highest BCUT2D eigenvalue weighted by Gasteiger charge is 2.25. The molecule has 3 rings (SSSR count). The Labute approximate surface area is 165 Å². The Morgan fingerprint density at radius 2 is 1.86 bits per heavy atom. The van der Waals surface area contributed by atoms with E-state index in [4.69, 9.17) is 9.47 Å². The Hall–Kier alpha value is -2.48. The summed E-state index contributed by atoms with van der Waals surface area (Å²) in [6.45, 7) is 3.72. The van der Waals surface area contributed by atoms with Gasteiger partial charge in [0.25, 0.3) is 0 Å². The van der Waals surface area contributed by atoms with Crippen LogP contribution in [0.5, 0.6) is 0 Å². The smallest absolute Gasteiger partial charge is 0.331 e. The second-order valence-electron chi connectivity index (χ2n) is 6.52. The molecule has 2 aromatic rings. The van der Waals surface area contributed by atoms with Gasteiger partial charge in [-0.1, -0.05) is 42.0 Å². The number of hydrogen-bond acceptors (Lipinski definition) is 5. The third kappa shape index (κ3) is 5.28. The third-order valence-electron chi connectivity index (χ3n) is 4.36. The topological polar surface area (TPSA) is 72.9 Å². The van der Waals surface area contributed by atoms with Gasteiger partial charge in [0.1, 0.15) is 6.61 Å². The summed E-state index contributed by atoms with van der Waals surface area (Å²) >= 11 is 0. The number of carbonyl (C=O) groups excluding carboxylic acids is 1. The molecule has 1 saturated heterocycles. The molecular weight excluding hydrogens is 378 g/mol. The summed E-state index contributed by atoms with van der Waals surface area (Å²) in [4.78, 5) is 12.1. The molecular formula is C21H23NO5S. The molecule has 148 valence electrons. The normalized spacial score (nSPS) is 15.6. The predicted octanol–water partition coefficient (Wildman–Crippen LogP) is 2.77. The molecule has 0 bridgehead atoms. The van der Waals surface area contributed by atoms with Crippen molar-refractivity contribution in [3.63, 3.8) is 0 Å². The van der Waals surface area contributed by atoms with Crippen LogP contribution in [0.15, 0.2) is 59.5 Å². The van der Waals surface area contributed by atoms with Crippen molar-refractivity contribution >= 4 is 22.1 Å². The maximum Gasteiger partial charge on any atom is 0.331 e. The molecule has 1 heterocycles. The van der Waals surface area contributed by atoms with E-state index in [0.717, 1.165) is 11.1 Å². The number of esters is 1. The van der Waals surface area contributed by atoms with E-state index in [2.05, 4.69) is 0 Å². The zero-order chi connectivity index (χ0) is 20.0. The van der Waals surface area contributed by atoms with E-state index in [1.54, 1.807) is 30.3 Å². The highest BCUT2D eigenvalue weighted by atomic mass is 32.2. The van der Waals surface area contributed by atoms with Crippen molar-refractivity contribution in [3.8, 4) is 0 Å². The van der Waals surface area contributed by atoms with Crippen molar-refractivity contribution in [1.29, 1.82) is 0 Å². The highest BCUT2D eigenvalue weighted by Crippen LogP contribution is 2.18. The van der Waals surface area contributed by atoms with Crippen LogP contribution >= 0.6 is 0 Å². The first-order valence-corrected chi connectivity index (χ1v) is 10.5. The fraction of sp³-hybridized carbons (Fsp3) is 0.286. The fourth-order valence-electron chi connectivity index (χ4n) is 2.86. The van der Waals surface area contributed by atoms with Crippen LogP contribution in [0, 0.1) is 6.92 Å². The summed E-state index contributed by atoms with van der Waals surface area (Å²) < 4.78 is 37.0. The van der Waals surface area contributed by atoms with Gasteiger partial charge in [-0.3, -0.25) is 0 Å². The van der Waals surface area contributed by atoms with E-state index in [9.17, 15) is 13.2 Å². The van der Waals surface area contributed by atoms with Gasteiger partial charge in [-0.2, -0.15) is 4.31 Å². The van der Waals surface area contributed by atoms with E-state index in [1.165, 1.54) is 10.4 Å². The van der Waals surface area contributed by atoms with E-state index >= 15 is 0 Å². The van der Waals surface area contributed by atoms with Crippen molar-refractivity contribution in [2.45, 2.75) is 18.4 Å². The van der Waals surface area contributed by atoms with Crippen molar-refractivity contribution in [2.24, 2.45) is 0 Å². The number of sulfonamides is 1. The van der Waals surface area contributed by atoms with Crippen molar-refractivity contribution in [2.75, 3.05) is 26.3 Å². The quantitative estimate of drug-likeness (QED) is 0.550. The maximum atomic E-state index is 12.6. The molecule has 0 atom stereocenters. The highest BCUT2D eigenvalue weighted by molar-refractivity contribution is 7.89. The molecule has 7 heteroatoms. The van der Waals surface area contributed by atoms with Gasteiger partial charge in [-0.25, -0.2) is 13.2 Å². The number of nitrogens with zero attached hydrogens (tertiary/aromatic N) is 1. The number of ether oxygens (including phenoxy) is 2. The summed E-state index contributed by atoms with van der Waals surface area (Å²) in [5, 5.41) is 0. The Morgan fingerprint density at radius 1 is 1.14 bits per heavy atom. The van der Waals surface area contributed by atoms with Crippen LogP contribution in [-0.2, 0) is 30.9 Å². The van der Waals surface area contributed by atoms with Gasteiger partial charge in [-0.15, -0.1) is 0 Å². The van der Waals surface area contributed by atoms with E-state index < -0.39 is 16.0 Å². The zero-order valence-corrected chi connectivity index (χ0v) is 16.5. The molecule has 28 heavy (non-hydrogen) atoms. The van der Waals surface area contributed by atoms with Gasteiger partial charge < -0.3 is 9.47 Å².